The number of esters is 1. The van der Waals surface area contributed by atoms with Crippen molar-refractivity contribution in [2.24, 2.45) is 5.41 Å². The Morgan fingerprint density at radius 1 is 1.22 bits per heavy atom. The van der Waals surface area contributed by atoms with E-state index in [2.05, 4.69) is 0 Å². The van der Waals surface area contributed by atoms with Gasteiger partial charge < -0.3 is 9.64 Å². The Morgan fingerprint density at radius 2 is 1.78 bits per heavy atom. The molecular formula is C12H17Cl2NO3. The van der Waals surface area contributed by atoms with Crippen molar-refractivity contribution in [2.75, 3.05) is 19.7 Å². The van der Waals surface area contributed by atoms with E-state index in [0.717, 1.165) is 32.4 Å². The second-order valence-electron chi connectivity index (χ2n) is 5.23. The summed E-state index contributed by atoms with van der Waals surface area (Å²) in [5.41, 5.74) is -0.863. The summed E-state index contributed by atoms with van der Waals surface area (Å²) in [7, 11) is 0. The van der Waals surface area contributed by atoms with Gasteiger partial charge in [-0.2, -0.15) is 0 Å². The van der Waals surface area contributed by atoms with Gasteiger partial charge in [0.1, 0.15) is 9.75 Å². The Labute approximate surface area is 117 Å². The summed E-state index contributed by atoms with van der Waals surface area (Å²) in [5.74, 6) is -0.625. The maximum atomic E-state index is 11.8. The highest BCUT2D eigenvalue weighted by atomic mass is 35.5. The minimum Gasteiger partial charge on any atom is -0.455 e. The molecule has 1 amide bonds. The van der Waals surface area contributed by atoms with Crippen LogP contribution in [0.4, 0.5) is 0 Å². The summed E-state index contributed by atoms with van der Waals surface area (Å²) in [6.07, 6.45) is 3.57. The molecular weight excluding hydrogens is 277 g/mol. The lowest BCUT2D eigenvalue weighted by Crippen LogP contribution is -2.39. The van der Waals surface area contributed by atoms with Gasteiger partial charge in [0.15, 0.2) is 6.61 Å². The van der Waals surface area contributed by atoms with Gasteiger partial charge in [-0.05, 0) is 26.2 Å². The lowest BCUT2D eigenvalue weighted by Gasteiger charge is -2.26. The molecule has 1 aliphatic heterocycles. The van der Waals surface area contributed by atoms with E-state index in [0.29, 0.717) is 6.42 Å². The number of likely N-dealkylation sites (tertiary alicyclic amines) is 1. The number of amides is 1. The predicted octanol–water partition coefficient (Wildman–Crippen LogP) is 2.13. The van der Waals surface area contributed by atoms with E-state index >= 15 is 0 Å². The Hall–Kier alpha value is -0.480. The van der Waals surface area contributed by atoms with Crippen LogP contribution in [0.2, 0.25) is 0 Å². The standard InChI is InChI=1S/C12H17Cl2NO3/c1-11(8-12(11,13)14)10(17)18-7-9(16)15-5-3-2-4-6-15/h2-8H2,1H3. The number of hydrogen-bond acceptors (Lipinski definition) is 3. The van der Waals surface area contributed by atoms with Crippen molar-refractivity contribution in [2.45, 2.75) is 36.9 Å². The lowest BCUT2D eigenvalue weighted by atomic mass is 10.1. The summed E-state index contributed by atoms with van der Waals surface area (Å²) in [6, 6.07) is 0. The summed E-state index contributed by atoms with van der Waals surface area (Å²) >= 11 is 11.8. The number of halogens is 2. The average molecular weight is 294 g/mol. The largest absolute Gasteiger partial charge is 0.455 e. The van der Waals surface area contributed by atoms with Crippen LogP contribution < -0.4 is 0 Å². The average Bonchev–Trinajstić information content (AvgIpc) is 2.87. The minimum atomic E-state index is -1.04. The van der Waals surface area contributed by atoms with E-state index in [4.69, 9.17) is 27.9 Å². The predicted molar refractivity (Wildman–Crippen MR) is 68.6 cm³/mol. The SMILES string of the molecule is CC1(C(=O)OCC(=O)N2CCCCC2)CC1(Cl)Cl. The summed E-state index contributed by atoms with van der Waals surface area (Å²) in [6.45, 7) is 2.95. The Kier molecular flexibility index (Phi) is 3.79. The van der Waals surface area contributed by atoms with Crippen LogP contribution in [-0.4, -0.2) is 40.8 Å². The number of piperidine rings is 1. The molecule has 1 unspecified atom stereocenters. The molecule has 1 saturated heterocycles. The third-order valence-corrected chi connectivity index (χ3v) is 4.85. The Bertz CT molecular complexity index is 366. The molecule has 1 saturated carbocycles. The van der Waals surface area contributed by atoms with Crippen LogP contribution in [0.5, 0.6) is 0 Å². The highest BCUT2D eigenvalue weighted by molar-refractivity contribution is 6.53. The molecule has 6 heteroatoms. The first-order valence-corrected chi connectivity index (χ1v) is 6.95. The van der Waals surface area contributed by atoms with Crippen molar-refractivity contribution >= 4 is 35.1 Å². The molecule has 1 heterocycles. The monoisotopic (exact) mass is 293 g/mol. The van der Waals surface area contributed by atoms with Gasteiger partial charge in [-0.3, -0.25) is 9.59 Å². The fourth-order valence-electron chi connectivity index (χ4n) is 2.14. The number of alkyl halides is 2. The van der Waals surface area contributed by atoms with Gasteiger partial charge in [-0.15, -0.1) is 23.2 Å². The number of carbonyl (C=O) groups is 2. The van der Waals surface area contributed by atoms with Crippen molar-refractivity contribution in [3.63, 3.8) is 0 Å². The normalized spacial score (nSPS) is 29.8. The number of rotatable bonds is 3. The van der Waals surface area contributed by atoms with E-state index in [9.17, 15) is 9.59 Å². The zero-order valence-corrected chi connectivity index (χ0v) is 11.9. The minimum absolute atomic E-state index is 0.137. The second-order valence-corrected chi connectivity index (χ2v) is 6.71. The van der Waals surface area contributed by atoms with Gasteiger partial charge in [-0.1, -0.05) is 0 Å². The molecule has 0 bridgehead atoms. The molecule has 2 fully saturated rings. The van der Waals surface area contributed by atoms with Gasteiger partial charge in [0.05, 0.1) is 0 Å². The summed E-state index contributed by atoms with van der Waals surface area (Å²) in [4.78, 5) is 25.3. The van der Waals surface area contributed by atoms with Crippen LogP contribution >= 0.6 is 23.2 Å². The quantitative estimate of drug-likeness (QED) is 0.592. The maximum Gasteiger partial charge on any atom is 0.315 e. The molecule has 0 spiro atoms. The highest BCUT2D eigenvalue weighted by Crippen LogP contribution is 2.64. The molecule has 1 atom stereocenters. The topological polar surface area (TPSA) is 46.6 Å². The van der Waals surface area contributed by atoms with Crippen LogP contribution in [0.3, 0.4) is 0 Å². The third-order valence-electron chi connectivity index (χ3n) is 3.74. The maximum absolute atomic E-state index is 11.8. The van der Waals surface area contributed by atoms with E-state index in [1.54, 1.807) is 11.8 Å². The van der Waals surface area contributed by atoms with Gasteiger partial charge in [0.25, 0.3) is 5.91 Å². The van der Waals surface area contributed by atoms with Crippen LogP contribution in [0.15, 0.2) is 0 Å². The Morgan fingerprint density at radius 3 is 2.28 bits per heavy atom. The second kappa shape index (κ2) is 4.89. The lowest BCUT2D eigenvalue weighted by molar-refractivity contribution is -0.156. The van der Waals surface area contributed by atoms with Crippen LogP contribution in [0, 0.1) is 5.41 Å². The van der Waals surface area contributed by atoms with Crippen molar-refractivity contribution in [1.82, 2.24) is 4.90 Å². The van der Waals surface area contributed by atoms with Gasteiger partial charge in [0.2, 0.25) is 0 Å². The zero-order chi connectivity index (χ0) is 13.4. The fourth-order valence-corrected chi connectivity index (χ4v) is 2.83. The molecule has 2 rings (SSSR count). The fraction of sp³-hybridized carbons (Fsp3) is 0.833. The van der Waals surface area contributed by atoms with Gasteiger partial charge in [0, 0.05) is 19.5 Å². The van der Waals surface area contributed by atoms with Crippen molar-refractivity contribution in [3.05, 3.63) is 0 Å². The number of hydrogen-bond donors (Lipinski definition) is 0. The van der Waals surface area contributed by atoms with Gasteiger partial charge >= 0.3 is 5.97 Å². The van der Waals surface area contributed by atoms with E-state index in [1.165, 1.54) is 0 Å². The molecule has 0 aromatic heterocycles. The van der Waals surface area contributed by atoms with Crippen molar-refractivity contribution in [1.29, 1.82) is 0 Å². The first kappa shape index (κ1) is 13.9. The number of carbonyl (C=O) groups excluding carboxylic acids is 2. The molecule has 1 aliphatic carbocycles. The first-order chi connectivity index (χ1) is 8.37. The van der Waals surface area contributed by atoms with Crippen LogP contribution in [0.1, 0.15) is 32.6 Å². The first-order valence-electron chi connectivity index (χ1n) is 6.20. The Balaban J connectivity index is 1.78. The number of nitrogens with zero attached hydrogens (tertiary/aromatic N) is 1. The molecule has 2 aliphatic rings. The third kappa shape index (κ3) is 2.59. The molecule has 4 nitrogen and oxygen atoms in total. The molecule has 18 heavy (non-hydrogen) atoms. The number of ether oxygens (including phenoxy) is 1. The van der Waals surface area contributed by atoms with Crippen molar-refractivity contribution < 1.29 is 14.3 Å². The van der Waals surface area contributed by atoms with E-state index in [1.807, 2.05) is 0 Å². The van der Waals surface area contributed by atoms with Crippen molar-refractivity contribution in [3.8, 4) is 0 Å². The zero-order valence-electron chi connectivity index (χ0n) is 10.4. The molecule has 0 N–H and O–H groups in total. The molecule has 0 radical (unpaired) electrons. The van der Waals surface area contributed by atoms with Gasteiger partial charge in [-0.25, -0.2) is 0 Å². The van der Waals surface area contributed by atoms with E-state index in [-0.39, 0.29) is 12.5 Å². The molecule has 102 valence electrons. The summed E-state index contributed by atoms with van der Waals surface area (Å²) in [5, 5.41) is 0. The van der Waals surface area contributed by atoms with E-state index < -0.39 is 15.7 Å². The highest BCUT2D eigenvalue weighted by Gasteiger charge is 2.69. The summed E-state index contributed by atoms with van der Waals surface area (Å²) < 4.78 is 3.98. The van der Waals surface area contributed by atoms with Crippen LogP contribution in [0.25, 0.3) is 0 Å². The molecule has 0 aromatic carbocycles. The molecule has 0 aromatic rings. The van der Waals surface area contributed by atoms with Crippen LogP contribution in [-0.2, 0) is 14.3 Å². The smallest absolute Gasteiger partial charge is 0.315 e.